The number of aromatic nitrogens is 1. The zero-order valence-corrected chi connectivity index (χ0v) is 15.3. The summed E-state index contributed by atoms with van der Waals surface area (Å²) in [5.74, 6) is 0.217. The number of carbonyl (C=O) groups is 2. The second kappa shape index (κ2) is 6.31. The standard InChI is InChI=1S/C21H25N3O2/c1-3-19(25)24-14-21(15-24)8-10-23(11-9-21)20(26)13-17-12-16-6-4-5-7-18(16)22(17)2/h3-7,12H,1,8-11,13-15H2,2H3. The number of piperidine rings is 1. The Balaban J connectivity index is 1.36. The molecule has 2 aliphatic rings. The van der Waals surface area contributed by atoms with Crippen molar-refractivity contribution in [3.05, 3.63) is 48.7 Å². The monoisotopic (exact) mass is 351 g/mol. The molecule has 5 nitrogen and oxygen atoms in total. The van der Waals surface area contributed by atoms with Gasteiger partial charge in [0, 0.05) is 49.9 Å². The molecule has 2 fully saturated rings. The summed E-state index contributed by atoms with van der Waals surface area (Å²) in [6.45, 7) is 6.75. The van der Waals surface area contributed by atoms with Crippen LogP contribution in [0.4, 0.5) is 0 Å². The molecule has 26 heavy (non-hydrogen) atoms. The average Bonchev–Trinajstić information content (AvgIpc) is 2.95. The number of para-hydroxylation sites is 1. The third-order valence-electron chi connectivity index (χ3n) is 6.10. The van der Waals surface area contributed by atoms with E-state index in [9.17, 15) is 9.59 Å². The number of benzene rings is 1. The number of amides is 2. The molecule has 0 unspecified atom stereocenters. The van der Waals surface area contributed by atoms with Crippen LogP contribution >= 0.6 is 0 Å². The van der Waals surface area contributed by atoms with Crippen molar-refractivity contribution in [1.29, 1.82) is 0 Å². The van der Waals surface area contributed by atoms with Crippen LogP contribution in [0, 0.1) is 5.41 Å². The van der Waals surface area contributed by atoms with Crippen molar-refractivity contribution < 1.29 is 9.59 Å². The van der Waals surface area contributed by atoms with Crippen molar-refractivity contribution in [3.63, 3.8) is 0 Å². The quantitative estimate of drug-likeness (QED) is 0.797. The molecule has 1 aromatic carbocycles. The lowest BCUT2D eigenvalue weighted by atomic mass is 9.72. The molecule has 2 aromatic rings. The predicted octanol–water partition coefficient (Wildman–Crippen LogP) is 2.36. The Labute approximate surface area is 153 Å². The molecule has 1 spiro atoms. The number of carbonyl (C=O) groups excluding carboxylic acids is 2. The van der Waals surface area contributed by atoms with Crippen molar-refractivity contribution in [2.45, 2.75) is 19.3 Å². The van der Waals surface area contributed by atoms with Crippen LogP contribution < -0.4 is 0 Å². The van der Waals surface area contributed by atoms with E-state index in [0.29, 0.717) is 6.42 Å². The zero-order valence-electron chi connectivity index (χ0n) is 15.3. The molecule has 0 saturated carbocycles. The van der Waals surface area contributed by atoms with E-state index in [1.165, 1.54) is 11.5 Å². The molecule has 2 amide bonds. The first-order chi connectivity index (χ1) is 12.5. The lowest BCUT2D eigenvalue weighted by Crippen LogP contribution is -2.62. The van der Waals surface area contributed by atoms with Crippen LogP contribution in [0.15, 0.2) is 43.0 Å². The Morgan fingerprint density at radius 3 is 2.50 bits per heavy atom. The van der Waals surface area contributed by atoms with Crippen molar-refractivity contribution in [3.8, 4) is 0 Å². The molecule has 5 heteroatoms. The van der Waals surface area contributed by atoms with Crippen LogP contribution in [0.3, 0.4) is 0 Å². The minimum Gasteiger partial charge on any atom is -0.347 e. The largest absolute Gasteiger partial charge is 0.347 e. The molecule has 3 heterocycles. The zero-order chi connectivity index (χ0) is 18.3. The Kier molecular flexibility index (Phi) is 4.10. The number of hydrogen-bond acceptors (Lipinski definition) is 2. The van der Waals surface area contributed by atoms with Gasteiger partial charge in [0.25, 0.3) is 0 Å². The van der Waals surface area contributed by atoms with Crippen molar-refractivity contribution in [1.82, 2.24) is 14.4 Å². The second-order valence-electron chi connectivity index (χ2n) is 7.71. The van der Waals surface area contributed by atoms with Crippen LogP contribution in [0.5, 0.6) is 0 Å². The summed E-state index contributed by atoms with van der Waals surface area (Å²) in [6, 6.07) is 10.3. The van der Waals surface area contributed by atoms with Gasteiger partial charge in [0.2, 0.25) is 11.8 Å². The van der Waals surface area contributed by atoms with Gasteiger partial charge < -0.3 is 14.4 Å². The number of likely N-dealkylation sites (tertiary alicyclic amines) is 2. The molecular formula is C21H25N3O2. The first-order valence-corrected chi connectivity index (χ1v) is 9.24. The van der Waals surface area contributed by atoms with Gasteiger partial charge in [-0.2, -0.15) is 0 Å². The Morgan fingerprint density at radius 2 is 1.85 bits per heavy atom. The van der Waals surface area contributed by atoms with Crippen LogP contribution in [0.1, 0.15) is 18.5 Å². The number of fused-ring (bicyclic) bond motifs is 1. The number of hydrogen-bond donors (Lipinski definition) is 0. The van der Waals surface area contributed by atoms with Crippen molar-refractivity contribution in [2.75, 3.05) is 26.2 Å². The van der Waals surface area contributed by atoms with Gasteiger partial charge in [0.15, 0.2) is 0 Å². The predicted molar refractivity (Wildman–Crippen MR) is 102 cm³/mol. The molecule has 0 aliphatic carbocycles. The third-order valence-corrected chi connectivity index (χ3v) is 6.10. The van der Waals surface area contributed by atoms with Gasteiger partial charge in [0.1, 0.15) is 0 Å². The molecule has 0 bridgehead atoms. The summed E-state index contributed by atoms with van der Waals surface area (Å²) < 4.78 is 2.11. The first kappa shape index (κ1) is 16.9. The van der Waals surface area contributed by atoms with Crippen LogP contribution in [0.25, 0.3) is 10.9 Å². The smallest absolute Gasteiger partial charge is 0.245 e. The number of rotatable bonds is 3. The Hall–Kier alpha value is -2.56. The number of nitrogens with zero attached hydrogens (tertiary/aromatic N) is 3. The van der Waals surface area contributed by atoms with E-state index in [0.717, 1.165) is 50.2 Å². The van der Waals surface area contributed by atoms with Crippen molar-refractivity contribution >= 4 is 22.7 Å². The van der Waals surface area contributed by atoms with Crippen LogP contribution in [-0.4, -0.2) is 52.4 Å². The summed E-state index contributed by atoms with van der Waals surface area (Å²) in [6.07, 6.45) is 3.79. The minimum atomic E-state index is 0.0184. The highest BCUT2D eigenvalue weighted by Crippen LogP contribution is 2.40. The molecule has 0 N–H and O–H groups in total. The molecular weight excluding hydrogens is 326 g/mol. The molecule has 2 saturated heterocycles. The first-order valence-electron chi connectivity index (χ1n) is 9.24. The maximum Gasteiger partial charge on any atom is 0.245 e. The van der Waals surface area contributed by atoms with Gasteiger partial charge >= 0.3 is 0 Å². The van der Waals surface area contributed by atoms with Gasteiger partial charge in [-0.1, -0.05) is 24.8 Å². The van der Waals surface area contributed by atoms with Gasteiger partial charge in [-0.05, 0) is 36.4 Å². The summed E-state index contributed by atoms with van der Waals surface area (Å²) in [5, 5.41) is 1.18. The molecule has 2 aliphatic heterocycles. The summed E-state index contributed by atoms with van der Waals surface area (Å²) in [5.41, 5.74) is 2.44. The third kappa shape index (κ3) is 2.81. The summed E-state index contributed by atoms with van der Waals surface area (Å²) >= 11 is 0. The van der Waals surface area contributed by atoms with E-state index in [4.69, 9.17) is 0 Å². The van der Waals surface area contributed by atoms with E-state index >= 15 is 0 Å². The van der Waals surface area contributed by atoms with Gasteiger partial charge in [0.05, 0.1) is 6.42 Å². The summed E-state index contributed by atoms with van der Waals surface area (Å²) in [4.78, 5) is 28.2. The second-order valence-corrected chi connectivity index (χ2v) is 7.71. The minimum absolute atomic E-state index is 0.0184. The maximum atomic E-state index is 12.8. The van der Waals surface area contributed by atoms with E-state index in [1.54, 1.807) is 0 Å². The highest BCUT2D eigenvalue weighted by molar-refractivity contribution is 5.88. The molecule has 0 atom stereocenters. The molecule has 4 rings (SSSR count). The average molecular weight is 351 g/mol. The van der Waals surface area contributed by atoms with Crippen LogP contribution in [-0.2, 0) is 23.1 Å². The number of aryl methyl sites for hydroxylation is 1. The Morgan fingerprint density at radius 1 is 1.15 bits per heavy atom. The molecule has 136 valence electrons. The lowest BCUT2D eigenvalue weighted by molar-refractivity contribution is -0.146. The fourth-order valence-corrected chi connectivity index (χ4v) is 4.38. The lowest BCUT2D eigenvalue weighted by Gasteiger charge is -2.53. The van der Waals surface area contributed by atoms with Gasteiger partial charge in [-0.25, -0.2) is 0 Å². The topological polar surface area (TPSA) is 45.6 Å². The molecule has 0 radical (unpaired) electrons. The highest BCUT2D eigenvalue weighted by Gasteiger charge is 2.46. The van der Waals surface area contributed by atoms with E-state index in [-0.39, 0.29) is 17.2 Å². The SMILES string of the molecule is C=CC(=O)N1CC2(CCN(C(=O)Cc3cc4ccccc4n3C)CC2)C1. The van der Waals surface area contributed by atoms with Gasteiger partial charge in [-0.15, -0.1) is 0 Å². The van der Waals surface area contributed by atoms with Crippen LogP contribution in [0.2, 0.25) is 0 Å². The fraction of sp³-hybridized carbons (Fsp3) is 0.429. The fourth-order valence-electron chi connectivity index (χ4n) is 4.38. The molecule has 1 aromatic heterocycles. The van der Waals surface area contributed by atoms with E-state index in [2.05, 4.69) is 29.3 Å². The normalized spacial score (nSPS) is 18.8. The summed E-state index contributed by atoms with van der Waals surface area (Å²) in [7, 11) is 2.02. The van der Waals surface area contributed by atoms with E-state index < -0.39 is 0 Å². The van der Waals surface area contributed by atoms with Gasteiger partial charge in [-0.3, -0.25) is 9.59 Å². The van der Waals surface area contributed by atoms with Crippen molar-refractivity contribution in [2.24, 2.45) is 12.5 Å². The highest BCUT2D eigenvalue weighted by atomic mass is 16.2. The van der Waals surface area contributed by atoms with E-state index in [1.807, 2.05) is 29.0 Å². The maximum absolute atomic E-state index is 12.8. The Bertz CT molecular complexity index is 867.